The number of aliphatic hydroxyl groups is 4. The van der Waals surface area contributed by atoms with Gasteiger partial charge in [0.15, 0.2) is 0 Å². The predicted molar refractivity (Wildman–Crippen MR) is 178 cm³/mol. The molecule has 0 heterocycles. The standard InChI is InChI=1S/C35H66O4P2/c1-5-32(24-10-14-28(36)20-24)40(33(6-2)25-11-15-29(37)21-25)18-9-19-41(34(7-3)26-12-16-30(38)22-26)35(8-4)27-13-17-31(39)23-27/h24-39H,5-23H2,1-4H3. The lowest BCUT2D eigenvalue weighted by molar-refractivity contribution is 0.176. The van der Waals surface area contributed by atoms with E-state index in [1.165, 1.54) is 70.1 Å². The summed E-state index contributed by atoms with van der Waals surface area (Å²) >= 11 is 0. The lowest BCUT2D eigenvalue weighted by Crippen LogP contribution is -2.29. The molecule has 12 atom stereocenters. The van der Waals surface area contributed by atoms with Gasteiger partial charge in [0.25, 0.3) is 0 Å². The summed E-state index contributed by atoms with van der Waals surface area (Å²) in [6.45, 7) is 9.69. The van der Waals surface area contributed by atoms with Crippen molar-refractivity contribution in [2.75, 3.05) is 12.3 Å². The van der Waals surface area contributed by atoms with Crippen LogP contribution in [-0.2, 0) is 0 Å². The number of aliphatic hydroxyl groups excluding tert-OH is 4. The Balaban J connectivity index is 1.53. The van der Waals surface area contributed by atoms with E-state index in [0.717, 1.165) is 74.0 Å². The SMILES string of the molecule is CCC(C1CCC(O)C1)P(CCCP(C(CC)C1CCC(O)C1)C(CC)C1CCC(O)C1)C(CC)C1CCC(O)C1. The van der Waals surface area contributed by atoms with Crippen LogP contribution in [0.1, 0.15) is 137 Å². The summed E-state index contributed by atoms with van der Waals surface area (Å²) in [4.78, 5) is 0. The molecule has 0 amide bonds. The summed E-state index contributed by atoms with van der Waals surface area (Å²) in [6.07, 6.45) is 21.6. The third-order valence-corrected chi connectivity index (χ3v) is 20.4. The van der Waals surface area contributed by atoms with Crippen molar-refractivity contribution in [3.63, 3.8) is 0 Å². The van der Waals surface area contributed by atoms with Crippen LogP contribution in [0.5, 0.6) is 0 Å². The maximum atomic E-state index is 10.5. The van der Waals surface area contributed by atoms with Crippen LogP contribution in [0, 0.1) is 23.7 Å². The first-order valence-electron chi connectivity index (χ1n) is 18.0. The van der Waals surface area contributed by atoms with E-state index in [2.05, 4.69) is 27.7 Å². The molecule has 4 aliphatic rings. The lowest BCUT2D eigenvalue weighted by atomic mass is 10.0. The number of hydrogen-bond donors (Lipinski definition) is 4. The Morgan fingerprint density at radius 1 is 0.439 bits per heavy atom. The molecular weight excluding hydrogens is 546 g/mol. The second-order valence-corrected chi connectivity index (χ2v) is 20.2. The first-order valence-corrected chi connectivity index (χ1v) is 21.4. The van der Waals surface area contributed by atoms with Gasteiger partial charge < -0.3 is 20.4 Å². The van der Waals surface area contributed by atoms with Crippen LogP contribution < -0.4 is 0 Å². The molecule has 240 valence electrons. The highest BCUT2D eigenvalue weighted by Crippen LogP contribution is 2.62. The topological polar surface area (TPSA) is 80.9 Å². The Bertz CT molecular complexity index is 638. The van der Waals surface area contributed by atoms with Crippen molar-refractivity contribution in [2.45, 2.75) is 184 Å². The van der Waals surface area contributed by atoms with Gasteiger partial charge in [0.05, 0.1) is 24.4 Å². The highest BCUT2D eigenvalue weighted by atomic mass is 31.1. The fourth-order valence-electron chi connectivity index (χ4n) is 10.3. The van der Waals surface area contributed by atoms with E-state index in [-0.39, 0.29) is 40.3 Å². The van der Waals surface area contributed by atoms with Gasteiger partial charge >= 0.3 is 0 Å². The first kappa shape index (κ1) is 34.6. The van der Waals surface area contributed by atoms with Crippen molar-refractivity contribution in [3.05, 3.63) is 0 Å². The van der Waals surface area contributed by atoms with Gasteiger partial charge in [-0.05, 0) is 168 Å². The van der Waals surface area contributed by atoms with Crippen molar-refractivity contribution in [1.82, 2.24) is 0 Å². The van der Waals surface area contributed by atoms with E-state index in [0.29, 0.717) is 23.7 Å². The normalized spacial score (nSPS) is 38.6. The average molecular weight is 613 g/mol. The Morgan fingerprint density at radius 2 is 0.683 bits per heavy atom. The van der Waals surface area contributed by atoms with E-state index in [4.69, 9.17) is 0 Å². The smallest absolute Gasteiger partial charge is 0.0543 e. The molecule has 0 aromatic heterocycles. The van der Waals surface area contributed by atoms with Crippen LogP contribution in [0.15, 0.2) is 0 Å². The van der Waals surface area contributed by atoms with Gasteiger partial charge in [-0.2, -0.15) is 0 Å². The Hall–Kier alpha value is 0.700. The molecule has 4 N–H and O–H groups in total. The van der Waals surface area contributed by atoms with Crippen LogP contribution in [0.3, 0.4) is 0 Å². The zero-order chi connectivity index (χ0) is 29.5. The molecule has 4 saturated carbocycles. The van der Waals surface area contributed by atoms with Crippen molar-refractivity contribution < 1.29 is 20.4 Å². The average Bonchev–Trinajstić information content (AvgIpc) is 3.76. The number of rotatable bonds is 16. The van der Waals surface area contributed by atoms with E-state index in [9.17, 15) is 20.4 Å². The van der Waals surface area contributed by atoms with Gasteiger partial charge in [0.2, 0.25) is 0 Å². The maximum absolute atomic E-state index is 10.5. The first-order chi connectivity index (χ1) is 19.8. The van der Waals surface area contributed by atoms with Gasteiger partial charge in [0, 0.05) is 0 Å². The van der Waals surface area contributed by atoms with Crippen LogP contribution in [0.2, 0.25) is 0 Å². The van der Waals surface area contributed by atoms with E-state index < -0.39 is 0 Å². The van der Waals surface area contributed by atoms with Gasteiger partial charge in [-0.15, -0.1) is 0 Å². The molecule has 0 radical (unpaired) electrons. The zero-order valence-electron chi connectivity index (χ0n) is 27.0. The lowest BCUT2D eigenvalue weighted by Gasteiger charge is -2.42. The van der Waals surface area contributed by atoms with Crippen LogP contribution in [0.25, 0.3) is 0 Å². The fourth-order valence-corrected chi connectivity index (χ4v) is 19.0. The number of hydrogen-bond acceptors (Lipinski definition) is 4. The molecule has 6 heteroatoms. The fraction of sp³-hybridized carbons (Fsp3) is 1.00. The molecule has 4 aliphatic carbocycles. The summed E-state index contributed by atoms with van der Waals surface area (Å²) in [6, 6.07) is 0. The summed E-state index contributed by atoms with van der Waals surface area (Å²) in [5.41, 5.74) is 3.04. The van der Waals surface area contributed by atoms with Crippen molar-refractivity contribution in [3.8, 4) is 0 Å². The largest absolute Gasteiger partial charge is 0.393 e. The quantitative estimate of drug-likeness (QED) is 0.133. The molecule has 12 unspecified atom stereocenters. The van der Waals surface area contributed by atoms with Crippen LogP contribution in [-0.4, -0.2) is 79.8 Å². The molecule has 0 aromatic carbocycles. The molecule has 0 spiro atoms. The second-order valence-electron chi connectivity index (χ2n) is 14.6. The third-order valence-electron chi connectivity index (χ3n) is 12.2. The highest BCUT2D eigenvalue weighted by molar-refractivity contribution is 7.60. The highest BCUT2D eigenvalue weighted by Gasteiger charge is 2.43. The van der Waals surface area contributed by atoms with E-state index in [1.54, 1.807) is 0 Å². The zero-order valence-corrected chi connectivity index (χ0v) is 28.8. The van der Waals surface area contributed by atoms with Gasteiger partial charge in [-0.25, -0.2) is 0 Å². The van der Waals surface area contributed by atoms with Crippen LogP contribution >= 0.6 is 15.8 Å². The van der Waals surface area contributed by atoms with Crippen molar-refractivity contribution >= 4 is 15.8 Å². The molecule has 41 heavy (non-hydrogen) atoms. The summed E-state index contributed by atoms with van der Waals surface area (Å²) in [5.74, 6) is 2.76. The van der Waals surface area contributed by atoms with Crippen molar-refractivity contribution in [1.29, 1.82) is 0 Å². The predicted octanol–water partition coefficient (Wildman–Crippen LogP) is 8.10. The van der Waals surface area contributed by atoms with Crippen molar-refractivity contribution in [2.24, 2.45) is 23.7 Å². The van der Waals surface area contributed by atoms with Gasteiger partial charge in [0.1, 0.15) is 0 Å². The monoisotopic (exact) mass is 612 g/mol. The Kier molecular flexibility index (Phi) is 14.2. The summed E-state index contributed by atoms with van der Waals surface area (Å²) in [7, 11) is -0.305. The summed E-state index contributed by atoms with van der Waals surface area (Å²) in [5, 5.41) is 41.9. The molecule has 4 rings (SSSR count). The molecule has 4 fully saturated rings. The molecule has 0 saturated heterocycles. The third kappa shape index (κ3) is 8.91. The minimum Gasteiger partial charge on any atom is -0.393 e. The maximum Gasteiger partial charge on any atom is 0.0543 e. The molecule has 0 bridgehead atoms. The minimum atomic E-state index is -0.152. The Labute approximate surface area is 255 Å². The Morgan fingerprint density at radius 3 is 0.854 bits per heavy atom. The summed E-state index contributed by atoms with van der Waals surface area (Å²) < 4.78 is 0. The van der Waals surface area contributed by atoms with E-state index >= 15 is 0 Å². The molecule has 0 aromatic rings. The van der Waals surface area contributed by atoms with Crippen LogP contribution in [0.4, 0.5) is 0 Å². The van der Waals surface area contributed by atoms with Gasteiger partial charge in [-0.3, -0.25) is 0 Å². The molecular formula is C35H66O4P2. The second kappa shape index (κ2) is 16.9. The van der Waals surface area contributed by atoms with E-state index in [1.807, 2.05) is 0 Å². The minimum absolute atomic E-state index is 0.0914. The molecule has 0 aliphatic heterocycles. The van der Waals surface area contributed by atoms with Gasteiger partial charge in [-0.1, -0.05) is 43.5 Å². The molecule has 4 nitrogen and oxygen atoms in total.